The smallest absolute Gasteiger partial charge is 0.323 e. The Morgan fingerprint density at radius 3 is 2.86 bits per heavy atom. The van der Waals surface area contributed by atoms with Crippen molar-refractivity contribution in [2.75, 3.05) is 0 Å². The summed E-state index contributed by atoms with van der Waals surface area (Å²) in [7, 11) is 0. The van der Waals surface area contributed by atoms with Crippen molar-refractivity contribution in [3.63, 3.8) is 0 Å². The number of thiazole rings is 1. The van der Waals surface area contributed by atoms with Crippen LogP contribution >= 0.6 is 23.6 Å². The topological polar surface area (TPSA) is 91.9 Å². The molecule has 1 aliphatic rings. The Bertz CT molecular complexity index is 1000. The van der Waals surface area contributed by atoms with E-state index in [1.807, 2.05) is 19.1 Å². The quantitative estimate of drug-likeness (QED) is 0.808. The van der Waals surface area contributed by atoms with Gasteiger partial charge in [-0.05, 0) is 31.3 Å². The van der Waals surface area contributed by atoms with Gasteiger partial charge in [-0.1, -0.05) is 11.6 Å². The zero-order valence-corrected chi connectivity index (χ0v) is 13.0. The number of aliphatic carboxylic acids is 1. The van der Waals surface area contributed by atoms with Crippen LogP contribution in [0, 0.1) is 10.9 Å². The fourth-order valence-electron chi connectivity index (χ4n) is 2.28. The molecule has 0 saturated heterocycles. The third-order valence-corrected chi connectivity index (χ3v) is 4.70. The molecule has 112 valence electrons. The van der Waals surface area contributed by atoms with Gasteiger partial charge in [-0.2, -0.15) is 0 Å². The largest absolute Gasteiger partial charge is 0.493 e. The Kier molecular flexibility index (Phi) is 3.42. The van der Waals surface area contributed by atoms with Gasteiger partial charge in [0, 0.05) is 5.22 Å². The van der Waals surface area contributed by atoms with Crippen LogP contribution in [0.5, 0.6) is 5.88 Å². The second-order valence-corrected chi connectivity index (χ2v) is 6.46. The number of aromatic hydroxyl groups is 1. The predicted molar refractivity (Wildman–Crippen MR) is 81.9 cm³/mol. The lowest BCUT2D eigenvalue weighted by molar-refractivity contribution is -0.137. The summed E-state index contributed by atoms with van der Waals surface area (Å²) in [5, 5.41) is 20.3. The molecule has 1 aliphatic heterocycles. The SMILES string of the molecule is Cc1ccc2c(c1)=C(c1sc(=S)n(CC(=O)O)c1O)C(=O)N=2. The number of carboxylic acids is 1. The summed E-state index contributed by atoms with van der Waals surface area (Å²) < 4.78 is 1.28. The molecule has 2 heterocycles. The maximum atomic E-state index is 12.2. The van der Waals surface area contributed by atoms with Gasteiger partial charge in [0.25, 0.3) is 5.91 Å². The van der Waals surface area contributed by atoms with E-state index < -0.39 is 18.4 Å². The van der Waals surface area contributed by atoms with E-state index in [-0.39, 0.29) is 20.3 Å². The number of nitrogens with zero attached hydrogens (tertiary/aromatic N) is 2. The van der Waals surface area contributed by atoms with Gasteiger partial charge in [0.1, 0.15) is 11.4 Å². The standard InChI is InChI=1S/C14H10N2O4S2/c1-6-2-3-8-7(4-6)10(12(19)15-8)11-13(20)16(5-9(17)18)14(21)22-11/h2-4,20H,5H2,1H3,(H,17,18). The fraction of sp³-hybridized carbons (Fsp3) is 0.143. The molecule has 22 heavy (non-hydrogen) atoms. The summed E-state index contributed by atoms with van der Waals surface area (Å²) in [6, 6.07) is 5.39. The number of hydrogen-bond acceptors (Lipinski definition) is 5. The van der Waals surface area contributed by atoms with Crippen molar-refractivity contribution in [2.45, 2.75) is 13.5 Å². The number of fused-ring (bicyclic) bond motifs is 1. The highest BCUT2D eigenvalue weighted by Crippen LogP contribution is 2.32. The van der Waals surface area contributed by atoms with Crippen LogP contribution in [-0.4, -0.2) is 26.7 Å². The Morgan fingerprint density at radius 1 is 1.45 bits per heavy atom. The molecule has 1 aromatic heterocycles. The van der Waals surface area contributed by atoms with Crippen LogP contribution in [0.3, 0.4) is 0 Å². The van der Waals surface area contributed by atoms with Crippen molar-refractivity contribution in [3.8, 4) is 5.88 Å². The molecule has 0 saturated carbocycles. The second-order valence-electron chi connectivity index (χ2n) is 4.81. The number of carbonyl (C=O) groups excluding carboxylic acids is 1. The van der Waals surface area contributed by atoms with Crippen LogP contribution < -0.4 is 10.6 Å². The summed E-state index contributed by atoms with van der Waals surface area (Å²) in [6.07, 6.45) is 0. The first-order valence-electron chi connectivity index (χ1n) is 6.27. The number of carboxylic acid groups (broad SMARTS) is 1. The van der Waals surface area contributed by atoms with Crippen LogP contribution in [-0.2, 0) is 16.1 Å². The molecular weight excluding hydrogens is 324 g/mol. The summed E-state index contributed by atoms with van der Waals surface area (Å²) in [6.45, 7) is 1.43. The highest BCUT2D eigenvalue weighted by molar-refractivity contribution is 7.73. The van der Waals surface area contributed by atoms with Crippen molar-refractivity contribution in [3.05, 3.63) is 43.2 Å². The zero-order valence-electron chi connectivity index (χ0n) is 11.4. The van der Waals surface area contributed by atoms with Gasteiger partial charge in [0.15, 0.2) is 3.95 Å². The van der Waals surface area contributed by atoms with Crippen molar-refractivity contribution in [1.82, 2.24) is 4.57 Å². The van der Waals surface area contributed by atoms with Crippen LogP contribution in [0.1, 0.15) is 10.4 Å². The van der Waals surface area contributed by atoms with E-state index >= 15 is 0 Å². The third kappa shape index (κ3) is 2.26. The number of rotatable bonds is 3. The third-order valence-electron chi connectivity index (χ3n) is 3.25. The van der Waals surface area contributed by atoms with Crippen molar-refractivity contribution in [2.24, 2.45) is 4.99 Å². The number of hydrogen-bond donors (Lipinski definition) is 2. The van der Waals surface area contributed by atoms with Crippen LogP contribution in [0.25, 0.3) is 5.57 Å². The van der Waals surface area contributed by atoms with Crippen LogP contribution in [0.2, 0.25) is 0 Å². The fourth-order valence-corrected chi connectivity index (χ4v) is 3.62. The molecule has 0 unspecified atom stereocenters. The van der Waals surface area contributed by atoms with Crippen molar-refractivity contribution < 1.29 is 19.8 Å². The van der Waals surface area contributed by atoms with E-state index in [1.165, 1.54) is 0 Å². The first kappa shape index (κ1) is 14.6. The van der Waals surface area contributed by atoms with Crippen molar-refractivity contribution in [1.29, 1.82) is 0 Å². The van der Waals surface area contributed by atoms with E-state index in [4.69, 9.17) is 17.3 Å². The minimum atomic E-state index is -1.13. The van der Waals surface area contributed by atoms with Gasteiger partial charge in [0.2, 0.25) is 5.88 Å². The summed E-state index contributed by atoms with van der Waals surface area (Å²) in [5.74, 6) is -1.90. The molecule has 0 fully saturated rings. The number of benzene rings is 1. The molecule has 0 spiro atoms. The number of aromatic nitrogens is 1. The van der Waals surface area contributed by atoms with Gasteiger partial charge in [-0.3, -0.25) is 14.2 Å². The first-order valence-corrected chi connectivity index (χ1v) is 7.49. The lowest BCUT2D eigenvalue weighted by atomic mass is 10.1. The molecule has 1 amide bonds. The molecule has 1 aromatic carbocycles. The summed E-state index contributed by atoms with van der Waals surface area (Å²) in [4.78, 5) is 27.2. The minimum Gasteiger partial charge on any atom is -0.493 e. The molecule has 0 aliphatic carbocycles. The van der Waals surface area contributed by atoms with E-state index in [0.717, 1.165) is 21.5 Å². The summed E-state index contributed by atoms with van der Waals surface area (Å²) >= 11 is 6.08. The zero-order chi connectivity index (χ0) is 16.0. The minimum absolute atomic E-state index is 0.191. The van der Waals surface area contributed by atoms with Gasteiger partial charge in [-0.25, -0.2) is 4.99 Å². The Morgan fingerprint density at radius 2 is 2.18 bits per heavy atom. The van der Waals surface area contributed by atoms with E-state index in [1.54, 1.807) is 6.07 Å². The lowest BCUT2D eigenvalue weighted by Gasteiger charge is -2.02. The van der Waals surface area contributed by atoms with E-state index in [2.05, 4.69) is 4.99 Å². The average Bonchev–Trinajstić information content (AvgIpc) is 2.88. The molecule has 0 radical (unpaired) electrons. The number of aryl methyl sites for hydroxylation is 1. The maximum Gasteiger partial charge on any atom is 0.323 e. The average molecular weight is 334 g/mol. The normalized spacial score (nSPS) is 13.1. The van der Waals surface area contributed by atoms with Gasteiger partial charge in [0.05, 0.1) is 10.9 Å². The first-order chi connectivity index (χ1) is 10.4. The maximum absolute atomic E-state index is 12.2. The molecule has 2 aromatic rings. The summed E-state index contributed by atoms with van der Waals surface area (Å²) in [5.41, 5.74) is 1.21. The highest BCUT2D eigenvalue weighted by atomic mass is 32.1. The van der Waals surface area contributed by atoms with Gasteiger partial charge >= 0.3 is 5.97 Å². The molecular formula is C14H10N2O4S2. The van der Waals surface area contributed by atoms with Gasteiger partial charge < -0.3 is 10.2 Å². The molecule has 6 nitrogen and oxygen atoms in total. The molecule has 0 bridgehead atoms. The van der Waals surface area contributed by atoms with Crippen LogP contribution in [0.15, 0.2) is 23.2 Å². The molecule has 3 rings (SSSR count). The number of carbonyl (C=O) groups is 2. The Balaban J connectivity index is 2.31. The van der Waals surface area contributed by atoms with Crippen LogP contribution in [0.4, 0.5) is 0 Å². The Labute approximate surface area is 133 Å². The monoisotopic (exact) mass is 334 g/mol. The highest BCUT2D eigenvalue weighted by Gasteiger charge is 2.25. The second kappa shape index (κ2) is 5.15. The van der Waals surface area contributed by atoms with Crippen molar-refractivity contribution >= 4 is 41.0 Å². The van der Waals surface area contributed by atoms with E-state index in [0.29, 0.717) is 10.6 Å². The lowest BCUT2D eigenvalue weighted by Crippen LogP contribution is -2.23. The molecule has 2 N–H and O–H groups in total. The van der Waals surface area contributed by atoms with Gasteiger partial charge in [-0.15, -0.1) is 11.3 Å². The molecule has 0 atom stereocenters. The Hall–Kier alpha value is -2.32. The molecule has 8 heteroatoms. The number of amides is 1. The van der Waals surface area contributed by atoms with E-state index in [9.17, 15) is 14.7 Å². The predicted octanol–water partition coefficient (Wildman–Crippen LogP) is 0.737.